The summed E-state index contributed by atoms with van der Waals surface area (Å²) >= 11 is 5.80. The van der Waals surface area contributed by atoms with Crippen molar-refractivity contribution in [3.05, 3.63) is 64.7 Å². The molecule has 2 N–H and O–H groups in total. The number of carbonyl (C=O) groups excluding carboxylic acids is 1. The Balaban J connectivity index is 1.72. The molecule has 0 spiro atoms. The van der Waals surface area contributed by atoms with Crippen LogP contribution in [0.3, 0.4) is 0 Å². The van der Waals surface area contributed by atoms with Crippen LogP contribution in [0.4, 0.5) is 18.9 Å². The van der Waals surface area contributed by atoms with Crippen molar-refractivity contribution in [2.75, 3.05) is 18.4 Å². The standard InChI is InChI=1S/C17H16ClF3N2O/c18-14-5-1-12(2-6-14)9-10-22-11-16(24)23-15-7-3-13(4-8-15)17(19,20)21/h1-8,22H,9-11H2,(H,23,24). The van der Waals surface area contributed by atoms with Crippen molar-refractivity contribution >= 4 is 23.2 Å². The monoisotopic (exact) mass is 356 g/mol. The molecule has 0 saturated carbocycles. The van der Waals surface area contributed by atoms with Crippen LogP contribution in [0.1, 0.15) is 11.1 Å². The lowest BCUT2D eigenvalue weighted by Gasteiger charge is -2.09. The summed E-state index contributed by atoms with van der Waals surface area (Å²) in [6.45, 7) is 0.677. The first-order chi connectivity index (χ1) is 11.3. The van der Waals surface area contributed by atoms with Gasteiger partial charge in [0.15, 0.2) is 0 Å². The molecule has 0 aliphatic heterocycles. The minimum atomic E-state index is -4.38. The fraction of sp³-hybridized carbons (Fsp3) is 0.235. The minimum absolute atomic E-state index is 0.0780. The quantitative estimate of drug-likeness (QED) is 0.764. The fourth-order valence-corrected chi connectivity index (χ4v) is 2.16. The van der Waals surface area contributed by atoms with Crippen LogP contribution < -0.4 is 10.6 Å². The van der Waals surface area contributed by atoms with Crippen LogP contribution in [0.15, 0.2) is 48.5 Å². The number of rotatable bonds is 6. The number of hydrogen-bond acceptors (Lipinski definition) is 2. The third kappa shape index (κ3) is 5.86. The molecular formula is C17H16ClF3N2O. The zero-order chi connectivity index (χ0) is 17.6. The van der Waals surface area contributed by atoms with Crippen LogP contribution in [-0.2, 0) is 17.4 Å². The van der Waals surface area contributed by atoms with Gasteiger partial charge in [-0.05, 0) is 54.9 Å². The van der Waals surface area contributed by atoms with Gasteiger partial charge in [-0.25, -0.2) is 0 Å². The van der Waals surface area contributed by atoms with E-state index in [1.165, 1.54) is 12.1 Å². The third-order valence-corrected chi connectivity index (χ3v) is 3.54. The second-order valence-corrected chi connectivity index (χ2v) is 5.61. The van der Waals surface area contributed by atoms with E-state index in [0.717, 1.165) is 24.1 Å². The van der Waals surface area contributed by atoms with Crippen molar-refractivity contribution < 1.29 is 18.0 Å². The molecule has 0 atom stereocenters. The predicted octanol–water partition coefficient (Wildman–Crippen LogP) is 4.13. The summed E-state index contributed by atoms with van der Waals surface area (Å²) in [4.78, 5) is 11.7. The van der Waals surface area contributed by atoms with Gasteiger partial charge in [0, 0.05) is 10.7 Å². The molecule has 0 aliphatic rings. The first-order valence-electron chi connectivity index (χ1n) is 7.27. The number of nitrogens with one attached hydrogen (secondary N) is 2. The van der Waals surface area contributed by atoms with Crippen molar-refractivity contribution in [3.63, 3.8) is 0 Å². The summed E-state index contributed by atoms with van der Waals surface area (Å²) < 4.78 is 37.3. The van der Waals surface area contributed by atoms with Crippen LogP contribution in [0.25, 0.3) is 0 Å². The molecule has 24 heavy (non-hydrogen) atoms. The summed E-state index contributed by atoms with van der Waals surface area (Å²) in [6.07, 6.45) is -3.64. The molecule has 128 valence electrons. The number of benzene rings is 2. The number of anilines is 1. The Morgan fingerprint density at radius 3 is 2.21 bits per heavy atom. The second kappa shape index (κ2) is 8.17. The van der Waals surface area contributed by atoms with Gasteiger partial charge in [0.1, 0.15) is 0 Å². The molecule has 3 nitrogen and oxygen atoms in total. The van der Waals surface area contributed by atoms with Gasteiger partial charge >= 0.3 is 6.18 Å². The maximum atomic E-state index is 12.4. The average Bonchev–Trinajstić information content (AvgIpc) is 2.53. The first-order valence-corrected chi connectivity index (χ1v) is 7.64. The summed E-state index contributed by atoms with van der Waals surface area (Å²) in [6, 6.07) is 11.7. The second-order valence-electron chi connectivity index (χ2n) is 5.18. The van der Waals surface area contributed by atoms with Crippen LogP contribution in [-0.4, -0.2) is 19.0 Å². The normalized spacial score (nSPS) is 11.3. The molecule has 0 bridgehead atoms. The van der Waals surface area contributed by atoms with Crippen LogP contribution >= 0.6 is 11.6 Å². The minimum Gasteiger partial charge on any atom is -0.325 e. The summed E-state index contributed by atoms with van der Waals surface area (Å²) in [5, 5.41) is 6.19. The van der Waals surface area contributed by atoms with Gasteiger partial charge in [-0.3, -0.25) is 4.79 Å². The highest BCUT2D eigenvalue weighted by Gasteiger charge is 2.29. The largest absolute Gasteiger partial charge is 0.416 e. The lowest BCUT2D eigenvalue weighted by molar-refractivity contribution is -0.137. The Labute approximate surface area is 142 Å². The smallest absolute Gasteiger partial charge is 0.325 e. The van der Waals surface area contributed by atoms with Crippen molar-refractivity contribution in [1.82, 2.24) is 5.32 Å². The van der Waals surface area contributed by atoms with Gasteiger partial charge in [-0.2, -0.15) is 13.2 Å². The number of alkyl halides is 3. The highest BCUT2D eigenvalue weighted by atomic mass is 35.5. The molecule has 2 aromatic rings. The number of amides is 1. The number of hydrogen-bond donors (Lipinski definition) is 2. The van der Waals surface area contributed by atoms with Gasteiger partial charge in [-0.1, -0.05) is 23.7 Å². The molecule has 0 heterocycles. The Morgan fingerprint density at radius 2 is 1.62 bits per heavy atom. The van der Waals surface area contributed by atoms with Crippen LogP contribution in [0.5, 0.6) is 0 Å². The SMILES string of the molecule is O=C(CNCCc1ccc(Cl)cc1)Nc1ccc(C(F)(F)F)cc1. The van der Waals surface area contributed by atoms with E-state index in [1.807, 2.05) is 12.1 Å². The third-order valence-electron chi connectivity index (χ3n) is 3.29. The molecule has 0 unspecified atom stereocenters. The lowest BCUT2D eigenvalue weighted by atomic mass is 10.1. The van der Waals surface area contributed by atoms with E-state index < -0.39 is 11.7 Å². The summed E-state index contributed by atoms with van der Waals surface area (Å²) in [5.74, 6) is -0.314. The highest BCUT2D eigenvalue weighted by Crippen LogP contribution is 2.29. The van der Waals surface area contributed by atoms with E-state index >= 15 is 0 Å². The lowest BCUT2D eigenvalue weighted by Crippen LogP contribution is -2.29. The maximum absolute atomic E-state index is 12.4. The average molecular weight is 357 g/mol. The van der Waals surface area contributed by atoms with Crippen molar-refractivity contribution in [2.45, 2.75) is 12.6 Å². The highest BCUT2D eigenvalue weighted by molar-refractivity contribution is 6.30. The van der Waals surface area contributed by atoms with Crippen molar-refractivity contribution in [2.24, 2.45) is 0 Å². The van der Waals surface area contributed by atoms with Gasteiger partial charge in [0.25, 0.3) is 0 Å². The molecule has 1 amide bonds. The van der Waals surface area contributed by atoms with Crippen molar-refractivity contribution in [3.8, 4) is 0 Å². The number of halogens is 4. The van der Waals surface area contributed by atoms with E-state index in [1.54, 1.807) is 12.1 Å². The Bertz CT molecular complexity index is 670. The molecule has 0 saturated heterocycles. The summed E-state index contributed by atoms with van der Waals surface area (Å²) in [5.41, 5.74) is 0.670. The maximum Gasteiger partial charge on any atom is 0.416 e. The molecule has 0 aliphatic carbocycles. The van der Waals surface area contributed by atoms with Gasteiger partial charge < -0.3 is 10.6 Å². The van der Waals surface area contributed by atoms with E-state index in [2.05, 4.69) is 10.6 Å². The van der Waals surface area contributed by atoms with Crippen LogP contribution in [0.2, 0.25) is 5.02 Å². The molecule has 0 radical (unpaired) electrons. The van der Waals surface area contributed by atoms with E-state index in [-0.39, 0.29) is 12.5 Å². The van der Waals surface area contributed by atoms with Gasteiger partial charge in [0.05, 0.1) is 12.1 Å². The zero-order valence-corrected chi connectivity index (χ0v) is 13.4. The van der Waals surface area contributed by atoms with E-state index in [4.69, 9.17) is 11.6 Å². The summed E-state index contributed by atoms with van der Waals surface area (Å²) in [7, 11) is 0. The molecule has 2 aromatic carbocycles. The number of carbonyl (C=O) groups is 1. The molecular weight excluding hydrogens is 341 g/mol. The van der Waals surface area contributed by atoms with Crippen LogP contribution in [0, 0.1) is 0 Å². The fourth-order valence-electron chi connectivity index (χ4n) is 2.03. The Kier molecular flexibility index (Phi) is 6.23. The Hall–Kier alpha value is -2.05. The van der Waals surface area contributed by atoms with Crippen molar-refractivity contribution in [1.29, 1.82) is 0 Å². The van der Waals surface area contributed by atoms with Gasteiger partial charge in [0.2, 0.25) is 5.91 Å². The zero-order valence-electron chi connectivity index (χ0n) is 12.7. The predicted molar refractivity (Wildman–Crippen MR) is 88.1 cm³/mol. The van der Waals surface area contributed by atoms with E-state index in [9.17, 15) is 18.0 Å². The topological polar surface area (TPSA) is 41.1 Å². The molecule has 7 heteroatoms. The molecule has 0 aromatic heterocycles. The molecule has 2 rings (SSSR count). The van der Waals surface area contributed by atoms with E-state index in [0.29, 0.717) is 17.3 Å². The Morgan fingerprint density at radius 1 is 1.00 bits per heavy atom. The molecule has 0 fully saturated rings. The first kappa shape index (κ1) is 18.3. The van der Waals surface area contributed by atoms with Gasteiger partial charge in [-0.15, -0.1) is 0 Å².